The van der Waals surface area contributed by atoms with Crippen molar-refractivity contribution in [1.29, 1.82) is 0 Å². The largest absolute Gasteiger partial charge is 0.454 e. The maximum Gasteiger partial charge on any atom is 0.454 e. The first-order valence-corrected chi connectivity index (χ1v) is 2.39. The van der Waals surface area contributed by atoms with Gasteiger partial charge in [0.2, 0.25) is 0 Å². The van der Waals surface area contributed by atoms with Gasteiger partial charge >= 0.3 is 12.1 Å². The van der Waals surface area contributed by atoms with Gasteiger partial charge in [0, 0.05) is 0 Å². The molecule has 0 aliphatic carbocycles. The Hall–Kier alpha value is -0.390. The fraction of sp³-hybridized carbons (Fsp3) is 1.00. The molecule has 0 bridgehead atoms. The first-order chi connectivity index (χ1) is 4.19. The second-order valence-corrected chi connectivity index (χ2v) is 1.91. The van der Waals surface area contributed by atoms with Crippen LogP contribution in [0.1, 0.15) is 14.4 Å². The number of hydrogen-bond donors (Lipinski definition) is 1. The summed E-state index contributed by atoms with van der Waals surface area (Å²) in [7, 11) is 0. The monoisotopic (exact) mass is 179 g/mol. The molecule has 0 aromatic rings. The van der Waals surface area contributed by atoms with Crippen molar-refractivity contribution in [1.82, 2.24) is 0 Å². The Morgan fingerprint density at radius 2 is 1.36 bits per heavy atom. The van der Waals surface area contributed by atoms with Crippen molar-refractivity contribution in [3.05, 3.63) is 0 Å². The molecule has 0 fully saturated rings. The quantitative estimate of drug-likeness (QED) is 0.613. The third-order valence-electron chi connectivity index (χ3n) is 0.950. The van der Waals surface area contributed by atoms with Crippen LogP contribution in [-0.2, 0) is 0 Å². The van der Waals surface area contributed by atoms with Gasteiger partial charge in [-0.3, -0.25) is 0 Å². The van der Waals surface area contributed by atoms with E-state index in [0.717, 1.165) is 0 Å². The highest BCUT2D eigenvalue weighted by atomic mass is 19.4. The normalized spacial score (nSPS) is 15.5. The van der Waals surface area contributed by atoms with Gasteiger partial charge in [-0.15, -0.1) is 0 Å². The van der Waals surface area contributed by atoms with Crippen LogP contribution >= 0.6 is 0 Å². The second kappa shape index (κ2) is 3.34. The molecule has 0 amide bonds. The molecule has 0 radical (unpaired) electrons. The summed E-state index contributed by atoms with van der Waals surface area (Å²) in [5, 5.41) is 0. The zero-order valence-corrected chi connectivity index (χ0v) is 5.04. The van der Waals surface area contributed by atoms with E-state index in [1.54, 1.807) is 0 Å². The number of nitrogens with two attached hydrogens (primary N) is 1. The lowest BCUT2D eigenvalue weighted by atomic mass is 10.2. The van der Waals surface area contributed by atoms with Crippen LogP contribution in [0.25, 0.3) is 0 Å². The topological polar surface area (TPSA) is 26.0 Å². The molecule has 70 valence electrons. The Labute approximate surface area is 61.4 Å². The summed E-state index contributed by atoms with van der Waals surface area (Å²) < 4.78 is 57.4. The van der Waals surface area contributed by atoms with Crippen molar-refractivity contribution in [2.75, 3.05) is 0 Å². The molecule has 0 aliphatic rings. The van der Waals surface area contributed by atoms with E-state index >= 15 is 0 Å². The van der Waals surface area contributed by atoms with Crippen LogP contribution in [0.2, 0.25) is 0 Å². The lowest BCUT2D eigenvalue weighted by molar-refractivity contribution is -0.287. The van der Waals surface area contributed by atoms with Crippen LogP contribution in [0, 0.1) is 0 Å². The average Bonchev–Trinajstić information content (AvgIpc) is 1.62. The molecule has 0 saturated heterocycles. The SMILES string of the molecule is C.CC(N)C(F)(F)C(F)(F)F. The van der Waals surface area contributed by atoms with E-state index in [1.807, 2.05) is 0 Å². The van der Waals surface area contributed by atoms with Crippen molar-refractivity contribution in [2.24, 2.45) is 5.73 Å². The average molecular weight is 179 g/mol. The van der Waals surface area contributed by atoms with E-state index in [1.165, 1.54) is 0 Å². The van der Waals surface area contributed by atoms with Crippen LogP contribution in [-0.4, -0.2) is 18.1 Å². The molecule has 1 nitrogen and oxygen atoms in total. The van der Waals surface area contributed by atoms with Crippen molar-refractivity contribution < 1.29 is 22.0 Å². The first kappa shape index (κ1) is 13.2. The molecule has 2 N–H and O–H groups in total. The molecule has 6 heteroatoms. The first-order valence-electron chi connectivity index (χ1n) is 2.39. The van der Waals surface area contributed by atoms with Gasteiger partial charge in [-0.25, -0.2) is 0 Å². The van der Waals surface area contributed by atoms with Gasteiger partial charge < -0.3 is 5.73 Å². The minimum Gasteiger partial charge on any atom is -0.323 e. The molecule has 0 aromatic heterocycles. The molecule has 0 aliphatic heterocycles. The highest BCUT2D eigenvalue weighted by molar-refractivity contribution is 4.83. The molecule has 0 aromatic carbocycles. The van der Waals surface area contributed by atoms with E-state index in [2.05, 4.69) is 5.73 Å². The minimum atomic E-state index is -5.54. The summed E-state index contributed by atoms with van der Waals surface area (Å²) in [4.78, 5) is 0. The van der Waals surface area contributed by atoms with Crippen molar-refractivity contribution in [3.63, 3.8) is 0 Å². The number of hydrogen-bond acceptors (Lipinski definition) is 1. The van der Waals surface area contributed by atoms with Gasteiger partial charge in [-0.2, -0.15) is 22.0 Å². The summed E-state index contributed by atoms with van der Waals surface area (Å²) in [5.74, 6) is -4.78. The highest BCUT2D eigenvalue weighted by Crippen LogP contribution is 2.36. The summed E-state index contributed by atoms with van der Waals surface area (Å²) >= 11 is 0. The molecule has 1 unspecified atom stereocenters. The number of alkyl halides is 5. The Morgan fingerprint density at radius 1 is 1.09 bits per heavy atom. The minimum absolute atomic E-state index is 0. The smallest absolute Gasteiger partial charge is 0.323 e. The fourth-order valence-corrected chi connectivity index (χ4v) is 0.258. The highest BCUT2D eigenvalue weighted by Gasteiger charge is 2.59. The van der Waals surface area contributed by atoms with Crippen LogP contribution < -0.4 is 5.73 Å². The van der Waals surface area contributed by atoms with Gasteiger partial charge in [0.05, 0.1) is 6.04 Å². The van der Waals surface area contributed by atoms with Crippen LogP contribution in [0.5, 0.6) is 0 Å². The van der Waals surface area contributed by atoms with Gasteiger partial charge in [-0.1, -0.05) is 7.43 Å². The Kier molecular flexibility index (Phi) is 4.01. The van der Waals surface area contributed by atoms with Crippen molar-refractivity contribution in [2.45, 2.75) is 32.5 Å². The molecule has 0 spiro atoms. The van der Waals surface area contributed by atoms with E-state index in [4.69, 9.17) is 0 Å². The van der Waals surface area contributed by atoms with Gasteiger partial charge in [-0.05, 0) is 6.92 Å². The maximum atomic E-state index is 11.8. The Bertz CT molecular complexity index is 117. The maximum absolute atomic E-state index is 11.8. The van der Waals surface area contributed by atoms with E-state index < -0.39 is 18.1 Å². The number of rotatable bonds is 1. The van der Waals surface area contributed by atoms with Gasteiger partial charge in [0.1, 0.15) is 0 Å². The predicted octanol–water partition coefficient (Wildman–Crippen LogP) is 2.17. The van der Waals surface area contributed by atoms with Gasteiger partial charge in [0.25, 0.3) is 0 Å². The van der Waals surface area contributed by atoms with Gasteiger partial charge in [0.15, 0.2) is 0 Å². The molecule has 11 heavy (non-hydrogen) atoms. The number of halogens is 5. The Balaban J connectivity index is 0. The molecule has 1 atom stereocenters. The molecule has 0 heterocycles. The van der Waals surface area contributed by atoms with Crippen LogP contribution in [0.4, 0.5) is 22.0 Å². The summed E-state index contributed by atoms with van der Waals surface area (Å²) in [6, 6.07) is -2.20. The standard InChI is InChI=1S/C4H6F5N.CH4/c1-2(10)3(5,6)4(7,8)9;/h2H,10H2,1H3;1H4. The third kappa shape index (κ3) is 2.61. The summed E-state index contributed by atoms with van der Waals surface area (Å²) in [6.07, 6.45) is -5.54. The van der Waals surface area contributed by atoms with Crippen LogP contribution in [0.15, 0.2) is 0 Å². The molecule has 0 rings (SSSR count). The molecular weight excluding hydrogens is 169 g/mol. The van der Waals surface area contributed by atoms with E-state index in [9.17, 15) is 22.0 Å². The second-order valence-electron chi connectivity index (χ2n) is 1.91. The van der Waals surface area contributed by atoms with E-state index in [-0.39, 0.29) is 7.43 Å². The van der Waals surface area contributed by atoms with Crippen molar-refractivity contribution >= 4 is 0 Å². The zero-order chi connectivity index (χ0) is 8.58. The summed E-state index contributed by atoms with van der Waals surface area (Å²) in [6.45, 7) is 0.605. The third-order valence-corrected chi connectivity index (χ3v) is 0.950. The Morgan fingerprint density at radius 3 is 1.36 bits per heavy atom. The molecule has 0 saturated carbocycles. The molecular formula is C5H10F5N. The lowest BCUT2D eigenvalue weighted by Crippen LogP contribution is -2.49. The van der Waals surface area contributed by atoms with Crippen molar-refractivity contribution in [3.8, 4) is 0 Å². The zero-order valence-electron chi connectivity index (χ0n) is 5.04. The fourth-order valence-electron chi connectivity index (χ4n) is 0.258. The van der Waals surface area contributed by atoms with E-state index in [0.29, 0.717) is 6.92 Å². The predicted molar refractivity (Wildman–Crippen MR) is 31.4 cm³/mol. The summed E-state index contributed by atoms with van der Waals surface area (Å²) in [5.41, 5.74) is 4.39. The lowest BCUT2D eigenvalue weighted by Gasteiger charge is -2.22. The van der Waals surface area contributed by atoms with Crippen LogP contribution in [0.3, 0.4) is 0 Å².